The largest absolute Gasteiger partial charge is 0.319 e. The summed E-state index contributed by atoms with van der Waals surface area (Å²) in [5.74, 6) is 0. The van der Waals surface area contributed by atoms with Crippen molar-refractivity contribution in [2.45, 2.75) is 6.42 Å². The van der Waals surface area contributed by atoms with E-state index in [4.69, 9.17) is 0 Å². The number of hydrogen-bond donors (Lipinski definition) is 1. The van der Waals surface area contributed by atoms with E-state index in [2.05, 4.69) is 27.8 Å². The van der Waals surface area contributed by atoms with Gasteiger partial charge >= 0.3 is 0 Å². The van der Waals surface area contributed by atoms with Crippen LogP contribution in [0.3, 0.4) is 0 Å². The molecule has 0 unspecified atom stereocenters. The van der Waals surface area contributed by atoms with Gasteiger partial charge in [0.05, 0.1) is 5.52 Å². The quantitative estimate of drug-likeness (QED) is 0.776. The fourth-order valence-corrected chi connectivity index (χ4v) is 1.58. The smallest absolute Gasteiger partial charge is 0.116 e. The number of nitrogens with zero attached hydrogens (tertiary/aromatic N) is 3. The SMILES string of the molecule is CNCCc1cccc2c1nnn2C. The molecule has 4 heteroatoms. The van der Waals surface area contributed by atoms with Crippen molar-refractivity contribution in [1.82, 2.24) is 20.3 Å². The summed E-state index contributed by atoms with van der Waals surface area (Å²) in [5.41, 5.74) is 3.37. The van der Waals surface area contributed by atoms with Crippen molar-refractivity contribution in [3.8, 4) is 0 Å². The van der Waals surface area contributed by atoms with E-state index in [1.165, 1.54) is 5.56 Å². The molecular weight excluding hydrogens is 176 g/mol. The molecule has 2 aromatic rings. The van der Waals surface area contributed by atoms with E-state index in [1.807, 2.05) is 20.2 Å². The average molecular weight is 190 g/mol. The Balaban J connectivity index is 2.44. The summed E-state index contributed by atoms with van der Waals surface area (Å²) in [5, 5.41) is 11.3. The van der Waals surface area contributed by atoms with Crippen LogP contribution in [0.2, 0.25) is 0 Å². The summed E-state index contributed by atoms with van der Waals surface area (Å²) in [4.78, 5) is 0. The van der Waals surface area contributed by atoms with Gasteiger partial charge in [0.25, 0.3) is 0 Å². The van der Waals surface area contributed by atoms with E-state index < -0.39 is 0 Å². The zero-order valence-electron chi connectivity index (χ0n) is 8.49. The van der Waals surface area contributed by atoms with Crippen LogP contribution >= 0.6 is 0 Å². The molecule has 1 N–H and O–H groups in total. The van der Waals surface area contributed by atoms with Gasteiger partial charge in [-0.15, -0.1) is 5.10 Å². The summed E-state index contributed by atoms with van der Waals surface area (Å²) in [6, 6.07) is 6.20. The van der Waals surface area contributed by atoms with Crippen LogP contribution in [0.15, 0.2) is 18.2 Å². The maximum atomic E-state index is 4.16. The van der Waals surface area contributed by atoms with Crippen LogP contribution in [0.5, 0.6) is 0 Å². The summed E-state index contributed by atoms with van der Waals surface area (Å²) in [7, 11) is 3.87. The molecule has 0 atom stereocenters. The third-order valence-electron chi connectivity index (χ3n) is 2.37. The molecule has 0 bridgehead atoms. The van der Waals surface area contributed by atoms with Crippen molar-refractivity contribution in [3.05, 3.63) is 23.8 Å². The van der Waals surface area contributed by atoms with E-state index in [0.717, 1.165) is 24.0 Å². The summed E-state index contributed by atoms with van der Waals surface area (Å²) >= 11 is 0. The van der Waals surface area contributed by atoms with Gasteiger partial charge in [-0.1, -0.05) is 17.3 Å². The summed E-state index contributed by atoms with van der Waals surface area (Å²) < 4.78 is 1.80. The third-order valence-corrected chi connectivity index (χ3v) is 2.37. The maximum absolute atomic E-state index is 4.16. The number of aryl methyl sites for hydroxylation is 1. The van der Waals surface area contributed by atoms with Gasteiger partial charge in [0.15, 0.2) is 0 Å². The third kappa shape index (κ3) is 1.48. The van der Waals surface area contributed by atoms with E-state index >= 15 is 0 Å². The molecule has 0 fully saturated rings. The normalized spacial score (nSPS) is 11.0. The second kappa shape index (κ2) is 3.75. The van der Waals surface area contributed by atoms with E-state index in [1.54, 1.807) is 4.68 Å². The van der Waals surface area contributed by atoms with Crippen LogP contribution in [-0.2, 0) is 13.5 Å². The number of aromatic nitrogens is 3. The monoisotopic (exact) mass is 190 g/mol. The molecule has 1 heterocycles. The molecule has 2 rings (SSSR count). The van der Waals surface area contributed by atoms with Crippen LogP contribution in [0.4, 0.5) is 0 Å². The molecule has 0 aliphatic carbocycles. The van der Waals surface area contributed by atoms with Crippen LogP contribution in [0, 0.1) is 0 Å². The van der Waals surface area contributed by atoms with E-state index in [9.17, 15) is 0 Å². The highest BCUT2D eigenvalue weighted by Gasteiger charge is 2.05. The Morgan fingerprint density at radius 1 is 1.43 bits per heavy atom. The van der Waals surface area contributed by atoms with Gasteiger partial charge in [-0.2, -0.15) is 0 Å². The minimum absolute atomic E-state index is 0.968. The minimum Gasteiger partial charge on any atom is -0.319 e. The topological polar surface area (TPSA) is 42.7 Å². The molecule has 1 aromatic heterocycles. The Kier molecular flexibility index (Phi) is 2.45. The van der Waals surface area contributed by atoms with Crippen LogP contribution in [0.25, 0.3) is 11.0 Å². The number of likely N-dealkylation sites (N-methyl/N-ethyl adjacent to an activating group) is 1. The highest BCUT2D eigenvalue weighted by Crippen LogP contribution is 2.15. The maximum Gasteiger partial charge on any atom is 0.116 e. The highest BCUT2D eigenvalue weighted by atomic mass is 15.4. The van der Waals surface area contributed by atoms with Crippen molar-refractivity contribution in [3.63, 3.8) is 0 Å². The van der Waals surface area contributed by atoms with Gasteiger partial charge in [0.1, 0.15) is 5.52 Å². The van der Waals surface area contributed by atoms with Gasteiger partial charge in [-0.25, -0.2) is 4.68 Å². The van der Waals surface area contributed by atoms with Gasteiger partial charge in [0, 0.05) is 7.05 Å². The molecule has 0 saturated carbocycles. The van der Waals surface area contributed by atoms with Crippen LogP contribution in [0.1, 0.15) is 5.56 Å². The van der Waals surface area contributed by atoms with Crippen molar-refractivity contribution in [2.24, 2.45) is 7.05 Å². The van der Waals surface area contributed by atoms with Gasteiger partial charge in [0.2, 0.25) is 0 Å². The number of rotatable bonds is 3. The Hall–Kier alpha value is -1.42. The lowest BCUT2D eigenvalue weighted by Crippen LogP contribution is -2.10. The Bertz CT molecular complexity index is 433. The minimum atomic E-state index is 0.968. The lowest BCUT2D eigenvalue weighted by atomic mass is 10.1. The number of benzene rings is 1. The predicted molar refractivity (Wildman–Crippen MR) is 56.1 cm³/mol. The lowest BCUT2D eigenvalue weighted by molar-refractivity contribution is 0.736. The zero-order chi connectivity index (χ0) is 9.97. The lowest BCUT2D eigenvalue weighted by Gasteiger charge is -2.00. The summed E-state index contributed by atoms with van der Waals surface area (Å²) in [6.45, 7) is 0.968. The fraction of sp³-hybridized carbons (Fsp3) is 0.400. The molecule has 1 aromatic carbocycles. The molecule has 0 amide bonds. The molecule has 74 valence electrons. The standard InChI is InChI=1S/C10H14N4/c1-11-7-6-8-4-3-5-9-10(8)12-13-14(9)2/h3-5,11H,6-7H2,1-2H3. The molecule has 14 heavy (non-hydrogen) atoms. The number of hydrogen-bond acceptors (Lipinski definition) is 3. The molecule has 0 aliphatic heterocycles. The van der Waals surface area contributed by atoms with E-state index in [-0.39, 0.29) is 0 Å². The van der Waals surface area contributed by atoms with Crippen molar-refractivity contribution in [1.29, 1.82) is 0 Å². The van der Waals surface area contributed by atoms with Gasteiger partial charge in [-0.3, -0.25) is 0 Å². The first-order chi connectivity index (χ1) is 6.83. The first-order valence-electron chi connectivity index (χ1n) is 4.75. The zero-order valence-corrected chi connectivity index (χ0v) is 8.49. The molecule has 0 spiro atoms. The molecule has 0 saturated heterocycles. The molecule has 4 nitrogen and oxygen atoms in total. The number of fused-ring (bicyclic) bond motifs is 1. The second-order valence-electron chi connectivity index (χ2n) is 3.35. The van der Waals surface area contributed by atoms with Gasteiger partial charge in [-0.05, 0) is 31.6 Å². The van der Waals surface area contributed by atoms with Crippen molar-refractivity contribution in [2.75, 3.05) is 13.6 Å². The Morgan fingerprint density at radius 2 is 2.29 bits per heavy atom. The highest BCUT2D eigenvalue weighted by molar-refractivity contribution is 5.77. The molecule has 0 radical (unpaired) electrons. The van der Waals surface area contributed by atoms with Crippen molar-refractivity contribution >= 4 is 11.0 Å². The first kappa shape index (κ1) is 9.15. The second-order valence-corrected chi connectivity index (χ2v) is 3.35. The first-order valence-corrected chi connectivity index (χ1v) is 4.75. The molecule has 0 aliphatic rings. The Labute approximate surface area is 82.9 Å². The molecular formula is C10H14N4. The summed E-state index contributed by atoms with van der Waals surface area (Å²) in [6.07, 6.45) is 0.993. The fourth-order valence-electron chi connectivity index (χ4n) is 1.58. The number of nitrogens with one attached hydrogen (secondary N) is 1. The predicted octanol–water partition coefficient (Wildman–Crippen LogP) is 0.730. The Morgan fingerprint density at radius 3 is 3.07 bits per heavy atom. The average Bonchev–Trinajstić information content (AvgIpc) is 2.58. The van der Waals surface area contributed by atoms with Crippen LogP contribution < -0.4 is 5.32 Å². The van der Waals surface area contributed by atoms with E-state index in [0.29, 0.717) is 0 Å². The van der Waals surface area contributed by atoms with Crippen LogP contribution in [-0.4, -0.2) is 28.6 Å². The van der Waals surface area contributed by atoms with Crippen molar-refractivity contribution < 1.29 is 0 Å². The van der Waals surface area contributed by atoms with Gasteiger partial charge < -0.3 is 5.32 Å².